The van der Waals surface area contributed by atoms with Crippen LogP contribution in [0.4, 0.5) is 13.2 Å². The van der Waals surface area contributed by atoms with Crippen LogP contribution in [0.25, 0.3) is 0 Å². The van der Waals surface area contributed by atoms with Gasteiger partial charge in [-0.3, -0.25) is 4.79 Å². The molecule has 13 heavy (non-hydrogen) atoms. The summed E-state index contributed by atoms with van der Waals surface area (Å²) >= 11 is 0. The number of ether oxygens (including phenoxy) is 1. The zero-order valence-electron chi connectivity index (χ0n) is 6.39. The van der Waals surface area contributed by atoms with Crippen LogP contribution in [0.1, 0.15) is 0 Å². The van der Waals surface area contributed by atoms with Crippen LogP contribution in [0.3, 0.4) is 0 Å². The highest BCUT2D eigenvalue weighted by molar-refractivity contribution is 5.09. The number of halogens is 3. The largest absolute Gasteiger partial charge is 0.469 e. The molecule has 1 heterocycles. The van der Waals surface area contributed by atoms with Crippen molar-refractivity contribution in [3.63, 3.8) is 0 Å². The molecule has 0 unspecified atom stereocenters. The van der Waals surface area contributed by atoms with Crippen molar-refractivity contribution < 1.29 is 17.9 Å². The van der Waals surface area contributed by atoms with Gasteiger partial charge in [0.1, 0.15) is 0 Å². The Kier molecular flexibility index (Phi) is 2.60. The number of alkyl halides is 3. The van der Waals surface area contributed by atoms with Gasteiger partial charge in [-0.15, -0.1) is 0 Å². The molecule has 0 fully saturated rings. The van der Waals surface area contributed by atoms with Crippen molar-refractivity contribution in [3.05, 3.63) is 28.6 Å². The molecular formula is C7H6F3NO2. The minimum Gasteiger partial charge on any atom is -0.469 e. The van der Waals surface area contributed by atoms with Gasteiger partial charge in [-0.05, 0) is 0 Å². The van der Waals surface area contributed by atoms with Crippen LogP contribution < -0.4 is 10.2 Å². The van der Waals surface area contributed by atoms with Gasteiger partial charge in [0.25, 0.3) is 0 Å². The van der Waals surface area contributed by atoms with Crippen LogP contribution in [0, 0.1) is 0 Å². The van der Waals surface area contributed by atoms with E-state index in [0.717, 1.165) is 6.07 Å². The van der Waals surface area contributed by atoms with E-state index in [1.807, 2.05) is 0 Å². The van der Waals surface area contributed by atoms with E-state index in [4.69, 9.17) is 0 Å². The molecule has 0 saturated heterocycles. The van der Waals surface area contributed by atoms with Crippen LogP contribution in [-0.4, -0.2) is 17.8 Å². The smallest absolute Gasteiger partial charge is 0.422 e. The summed E-state index contributed by atoms with van der Waals surface area (Å²) in [6.45, 7) is -1.41. The quantitative estimate of drug-likeness (QED) is 0.769. The van der Waals surface area contributed by atoms with Crippen molar-refractivity contribution in [1.29, 1.82) is 0 Å². The summed E-state index contributed by atoms with van der Waals surface area (Å²) in [7, 11) is 0. The minimum atomic E-state index is -4.40. The maximum atomic E-state index is 11.6. The van der Waals surface area contributed by atoms with Crippen LogP contribution in [0.15, 0.2) is 23.1 Å². The topological polar surface area (TPSA) is 42.1 Å². The standard InChI is InChI=1S/C7H6F3NO2/c8-7(9,10)4-13-6-3-5(12)1-2-11-6/h1-3H,4H2,(H,11,12). The third kappa shape index (κ3) is 3.64. The van der Waals surface area contributed by atoms with E-state index in [9.17, 15) is 18.0 Å². The first-order chi connectivity index (χ1) is 5.97. The fourth-order valence-corrected chi connectivity index (χ4v) is 0.668. The molecule has 1 N–H and O–H groups in total. The van der Waals surface area contributed by atoms with Gasteiger partial charge in [-0.1, -0.05) is 0 Å². The Hall–Kier alpha value is -1.46. The second-order valence-corrected chi connectivity index (χ2v) is 2.29. The number of hydrogen-bond acceptors (Lipinski definition) is 2. The summed E-state index contributed by atoms with van der Waals surface area (Å²) in [5.41, 5.74) is -0.407. The Bertz CT molecular complexity index is 331. The molecule has 72 valence electrons. The van der Waals surface area contributed by atoms with Gasteiger partial charge in [0, 0.05) is 18.3 Å². The fourth-order valence-electron chi connectivity index (χ4n) is 0.668. The lowest BCUT2D eigenvalue weighted by Crippen LogP contribution is -2.20. The van der Waals surface area contributed by atoms with Crippen molar-refractivity contribution in [2.75, 3.05) is 6.61 Å². The van der Waals surface area contributed by atoms with E-state index in [0.29, 0.717) is 0 Å². The molecule has 0 aliphatic heterocycles. The first-order valence-electron chi connectivity index (χ1n) is 3.36. The highest BCUT2D eigenvalue weighted by atomic mass is 19.4. The van der Waals surface area contributed by atoms with Gasteiger partial charge in [0.2, 0.25) is 0 Å². The Morgan fingerprint density at radius 2 is 2.15 bits per heavy atom. The summed E-state index contributed by atoms with van der Waals surface area (Å²) in [6, 6.07) is 2.13. The van der Waals surface area contributed by atoms with Gasteiger partial charge in [0.15, 0.2) is 17.9 Å². The summed E-state index contributed by atoms with van der Waals surface area (Å²) in [5, 5.41) is 0. The van der Waals surface area contributed by atoms with Gasteiger partial charge in [0.05, 0.1) is 0 Å². The zero-order chi connectivity index (χ0) is 9.90. The normalized spacial score (nSPS) is 11.3. The van der Waals surface area contributed by atoms with Crippen LogP contribution in [0.2, 0.25) is 0 Å². The minimum absolute atomic E-state index is 0.190. The van der Waals surface area contributed by atoms with Crippen LogP contribution in [0.5, 0.6) is 5.88 Å². The molecule has 0 aromatic carbocycles. The summed E-state index contributed by atoms with van der Waals surface area (Å²) in [6.07, 6.45) is -3.18. The maximum absolute atomic E-state index is 11.6. The van der Waals surface area contributed by atoms with E-state index in [-0.39, 0.29) is 5.88 Å². The van der Waals surface area contributed by atoms with Crippen molar-refractivity contribution >= 4 is 0 Å². The summed E-state index contributed by atoms with van der Waals surface area (Å²) in [5.74, 6) is -0.190. The van der Waals surface area contributed by atoms with Gasteiger partial charge in [-0.25, -0.2) is 0 Å². The summed E-state index contributed by atoms with van der Waals surface area (Å²) in [4.78, 5) is 13.0. The molecule has 0 aliphatic rings. The number of nitrogens with one attached hydrogen (secondary N) is 1. The Labute approximate surface area is 71.2 Å². The van der Waals surface area contributed by atoms with Gasteiger partial charge < -0.3 is 9.72 Å². The number of H-pyrrole nitrogens is 1. The van der Waals surface area contributed by atoms with Crippen molar-refractivity contribution in [3.8, 4) is 5.88 Å². The molecular weight excluding hydrogens is 187 g/mol. The third-order valence-corrected chi connectivity index (χ3v) is 1.14. The molecule has 3 nitrogen and oxygen atoms in total. The zero-order valence-corrected chi connectivity index (χ0v) is 6.39. The highest BCUT2D eigenvalue weighted by Crippen LogP contribution is 2.15. The number of rotatable bonds is 2. The van der Waals surface area contributed by atoms with Crippen LogP contribution in [-0.2, 0) is 0 Å². The Morgan fingerprint density at radius 1 is 1.46 bits per heavy atom. The number of aromatic amines is 1. The second-order valence-electron chi connectivity index (χ2n) is 2.29. The lowest BCUT2D eigenvalue weighted by atomic mass is 10.5. The maximum Gasteiger partial charge on any atom is 0.422 e. The molecule has 0 aliphatic carbocycles. The van der Waals surface area contributed by atoms with E-state index < -0.39 is 18.2 Å². The molecule has 0 saturated carbocycles. The lowest BCUT2D eigenvalue weighted by molar-refractivity contribution is -0.154. The molecule has 1 aromatic rings. The van der Waals surface area contributed by atoms with Crippen molar-refractivity contribution in [1.82, 2.24) is 4.98 Å². The number of aromatic nitrogens is 1. The Balaban J connectivity index is 2.60. The second kappa shape index (κ2) is 3.51. The van der Waals surface area contributed by atoms with E-state index in [1.165, 1.54) is 12.3 Å². The molecule has 6 heteroatoms. The van der Waals surface area contributed by atoms with E-state index in [1.54, 1.807) is 0 Å². The van der Waals surface area contributed by atoms with E-state index in [2.05, 4.69) is 9.72 Å². The molecule has 0 spiro atoms. The predicted molar refractivity (Wildman–Crippen MR) is 38.6 cm³/mol. The molecule has 0 radical (unpaired) electrons. The van der Waals surface area contributed by atoms with Crippen LogP contribution >= 0.6 is 0 Å². The first-order valence-corrected chi connectivity index (χ1v) is 3.36. The predicted octanol–water partition coefficient (Wildman–Crippen LogP) is 1.32. The molecule has 1 rings (SSSR count). The average molecular weight is 193 g/mol. The number of hydrogen-bond donors (Lipinski definition) is 1. The van der Waals surface area contributed by atoms with Crippen molar-refractivity contribution in [2.45, 2.75) is 6.18 Å². The fraction of sp³-hybridized carbons (Fsp3) is 0.286. The highest BCUT2D eigenvalue weighted by Gasteiger charge is 2.28. The van der Waals surface area contributed by atoms with Crippen molar-refractivity contribution in [2.24, 2.45) is 0 Å². The molecule has 0 atom stereocenters. The third-order valence-electron chi connectivity index (χ3n) is 1.14. The monoisotopic (exact) mass is 193 g/mol. The van der Waals surface area contributed by atoms with Gasteiger partial charge >= 0.3 is 6.18 Å². The average Bonchev–Trinajstić information content (AvgIpc) is 2.00. The Morgan fingerprint density at radius 3 is 2.69 bits per heavy atom. The first kappa shape index (κ1) is 9.63. The summed E-state index contributed by atoms with van der Waals surface area (Å²) < 4.78 is 39.1. The SMILES string of the molecule is O=c1cc[nH]c(OCC(F)(F)F)c1. The van der Waals surface area contributed by atoms with Gasteiger partial charge in [-0.2, -0.15) is 13.2 Å². The number of pyridine rings is 1. The molecule has 0 bridgehead atoms. The molecule has 1 aromatic heterocycles. The lowest BCUT2D eigenvalue weighted by Gasteiger charge is -2.07. The van der Waals surface area contributed by atoms with E-state index >= 15 is 0 Å². The molecule has 0 amide bonds.